The molecular weight excluding hydrogens is 478 g/mol. The van der Waals surface area contributed by atoms with Crippen molar-refractivity contribution in [1.29, 1.82) is 0 Å². The Morgan fingerprint density at radius 3 is 1.91 bits per heavy atom. The SMILES string of the molecule is COc1cccc2c1C(=O)N(S(=O)(=O)c1ccc(C)cc1)/C2=C/OS(=O)(=O)c1ccc(C)cc1. The number of aryl methyl sites for hydroxylation is 2. The molecule has 1 aliphatic heterocycles. The van der Waals surface area contributed by atoms with E-state index in [1.807, 2.05) is 6.92 Å². The lowest BCUT2D eigenvalue weighted by atomic mass is 10.1. The molecule has 0 unspecified atom stereocenters. The molecule has 3 aromatic carbocycles. The van der Waals surface area contributed by atoms with Crippen molar-refractivity contribution < 1.29 is 30.6 Å². The maximum atomic E-state index is 13.5. The fourth-order valence-electron chi connectivity index (χ4n) is 3.49. The fourth-order valence-corrected chi connectivity index (χ4v) is 5.69. The number of hydrogen-bond donors (Lipinski definition) is 0. The van der Waals surface area contributed by atoms with Crippen LogP contribution in [0.15, 0.2) is 82.8 Å². The molecule has 0 radical (unpaired) electrons. The summed E-state index contributed by atoms with van der Waals surface area (Å²) in [6.45, 7) is 3.61. The van der Waals surface area contributed by atoms with Crippen LogP contribution >= 0.6 is 0 Å². The minimum atomic E-state index is -4.40. The van der Waals surface area contributed by atoms with Gasteiger partial charge in [0.15, 0.2) is 0 Å². The first-order valence-electron chi connectivity index (χ1n) is 10.1. The first-order valence-corrected chi connectivity index (χ1v) is 12.9. The molecule has 0 saturated heterocycles. The Balaban J connectivity index is 1.86. The monoisotopic (exact) mass is 499 g/mol. The zero-order chi connectivity index (χ0) is 24.7. The van der Waals surface area contributed by atoms with E-state index in [9.17, 15) is 21.6 Å². The molecule has 0 atom stereocenters. The van der Waals surface area contributed by atoms with E-state index in [-0.39, 0.29) is 32.4 Å². The van der Waals surface area contributed by atoms with Crippen LogP contribution in [-0.4, -0.2) is 34.2 Å². The summed E-state index contributed by atoms with van der Waals surface area (Å²) in [5, 5.41) is 0. The summed E-state index contributed by atoms with van der Waals surface area (Å²) < 4.78 is 63.3. The van der Waals surface area contributed by atoms with Crippen LogP contribution in [0.2, 0.25) is 0 Å². The molecule has 0 aromatic heterocycles. The molecule has 0 spiro atoms. The summed E-state index contributed by atoms with van der Waals surface area (Å²) in [5.74, 6) is -0.730. The quantitative estimate of drug-likeness (QED) is 0.374. The van der Waals surface area contributed by atoms with E-state index in [1.54, 1.807) is 37.3 Å². The Hall–Kier alpha value is -3.63. The van der Waals surface area contributed by atoms with Crippen molar-refractivity contribution in [3.05, 3.63) is 95.2 Å². The average molecular weight is 500 g/mol. The normalized spacial score (nSPS) is 14.9. The number of carbonyl (C=O) groups excluding carboxylic acids is 1. The number of sulfonamides is 1. The third-order valence-electron chi connectivity index (χ3n) is 5.29. The zero-order valence-electron chi connectivity index (χ0n) is 18.5. The Morgan fingerprint density at radius 2 is 1.35 bits per heavy atom. The second kappa shape index (κ2) is 8.62. The first-order chi connectivity index (χ1) is 16.1. The van der Waals surface area contributed by atoms with Crippen molar-refractivity contribution in [1.82, 2.24) is 4.31 Å². The fraction of sp³-hybridized carbons (Fsp3) is 0.125. The number of carbonyl (C=O) groups is 1. The van der Waals surface area contributed by atoms with Crippen molar-refractivity contribution in [2.45, 2.75) is 23.6 Å². The van der Waals surface area contributed by atoms with Gasteiger partial charge in [0.1, 0.15) is 22.6 Å². The number of methoxy groups -OCH3 is 1. The molecule has 0 bridgehead atoms. The van der Waals surface area contributed by atoms with Crippen LogP contribution in [0.4, 0.5) is 0 Å². The summed E-state index contributed by atoms with van der Waals surface area (Å²) in [6, 6.07) is 16.5. The van der Waals surface area contributed by atoms with Gasteiger partial charge in [-0.15, -0.1) is 0 Å². The highest BCUT2D eigenvalue weighted by Crippen LogP contribution is 2.41. The van der Waals surface area contributed by atoms with Gasteiger partial charge in [0.05, 0.1) is 17.6 Å². The van der Waals surface area contributed by atoms with Gasteiger partial charge in [0, 0.05) is 5.56 Å². The van der Waals surface area contributed by atoms with Crippen molar-refractivity contribution in [2.24, 2.45) is 0 Å². The van der Waals surface area contributed by atoms with Crippen LogP contribution in [-0.2, 0) is 24.3 Å². The van der Waals surface area contributed by atoms with Crippen molar-refractivity contribution in [3.8, 4) is 5.75 Å². The Bertz CT molecular complexity index is 1510. The van der Waals surface area contributed by atoms with E-state index in [1.165, 1.54) is 43.5 Å². The maximum Gasteiger partial charge on any atom is 0.338 e. The predicted molar refractivity (Wildman–Crippen MR) is 125 cm³/mol. The molecule has 3 aromatic rings. The van der Waals surface area contributed by atoms with Gasteiger partial charge in [-0.3, -0.25) is 4.79 Å². The number of nitrogens with zero attached hydrogens (tertiary/aromatic N) is 1. The molecule has 1 amide bonds. The lowest BCUT2D eigenvalue weighted by molar-refractivity contribution is 0.0913. The molecule has 1 aliphatic rings. The van der Waals surface area contributed by atoms with E-state index in [2.05, 4.69) is 0 Å². The topological polar surface area (TPSA) is 107 Å². The highest BCUT2D eigenvalue weighted by atomic mass is 32.2. The average Bonchev–Trinajstić information content (AvgIpc) is 3.11. The summed E-state index contributed by atoms with van der Waals surface area (Å²) >= 11 is 0. The molecule has 0 saturated carbocycles. The third-order valence-corrected chi connectivity index (χ3v) is 8.20. The van der Waals surface area contributed by atoms with Gasteiger partial charge in [0.25, 0.3) is 15.9 Å². The number of benzene rings is 3. The highest BCUT2D eigenvalue weighted by Gasteiger charge is 2.43. The van der Waals surface area contributed by atoms with Crippen molar-refractivity contribution >= 4 is 31.7 Å². The van der Waals surface area contributed by atoms with E-state index in [0.29, 0.717) is 4.31 Å². The minimum absolute atomic E-state index is 0.0109. The summed E-state index contributed by atoms with van der Waals surface area (Å²) in [4.78, 5) is 13.1. The molecule has 1 heterocycles. The molecule has 0 aliphatic carbocycles. The smallest absolute Gasteiger partial charge is 0.338 e. The second-order valence-electron chi connectivity index (χ2n) is 7.64. The number of ether oxygens (including phenoxy) is 1. The van der Waals surface area contributed by atoms with E-state index < -0.39 is 26.0 Å². The summed E-state index contributed by atoms with van der Waals surface area (Å²) in [5.41, 5.74) is 1.60. The van der Waals surface area contributed by atoms with E-state index >= 15 is 0 Å². The molecule has 10 heteroatoms. The van der Waals surface area contributed by atoms with Gasteiger partial charge in [-0.25, -0.2) is 8.42 Å². The van der Waals surface area contributed by atoms with Crippen molar-refractivity contribution in [3.63, 3.8) is 0 Å². The predicted octanol–water partition coefficient (Wildman–Crippen LogP) is 3.86. The minimum Gasteiger partial charge on any atom is -0.496 e. The second-order valence-corrected chi connectivity index (χ2v) is 11.0. The van der Waals surface area contributed by atoms with E-state index in [0.717, 1.165) is 17.4 Å². The Morgan fingerprint density at radius 1 is 0.794 bits per heavy atom. The standard InChI is InChI=1S/C24H21NO7S2/c1-16-7-11-18(12-8-16)33(27,28)25-21(20-5-4-6-22(31-3)23(20)24(25)26)15-32-34(29,30)19-13-9-17(2)10-14-19/h4-15H,1-3H3/b21-15+. The first kappa shape index (κ1) is 23.5. The van der Waals surface area contributed by atoms with Gasteiger partial charge in [-0.2, -0.15) is 12.7 Å². The molecule has 34 heavy (non-hydrogen) atoms. The summed E-state index contributed by atoms with van der Waals surface area (Å²) in [6.07, 6.45) is 0.768. The van der Waals surface area contributed by atoms with Gasteiger partial charge < -0.3 is 8.92 Å². The number of hydrogen-bond acceptors (Lipinski definition) is 7. The summed E-state index contributed by atoms with van der Waals surface area (Å²) in [7, 11) is -7.33. The zero-order valence-corrected chi connectivity index (χ0v) is 20.2. The highest BCUT2D eigenvalue weighted by molar-refractivity contribution is 7.90. The van der Waals surface area contributed by atoms with E-state index in [4.69, 9.17) is 8.92 Å². The van der Waals surface area contributed by atoms with Crippen LogP contribution in [0.5, 0.6) is 5.75 Å². The Kier molecular flexibility index (Phi) is 5.96. The number of amides is 1. The largest absolute Gasteiger partial charge is 0.496 e. The van der Waals surface area contributed by atoms with Gasteiger partial charge in [0.2, 0.25) is 0 Å². The molecule has 8 nitrogen and oxygen atoms in total. The Labute approximate surface area is 198 Å². The van der Waals surface area contributed by atoms with Crippen LogP contribution in [0.25, 0.3) is 5.70 Å². The van der Waals surface area contributed by atoms with Gasteiger partial charge in [-0.1, -0.05) is 47.5 Å². The molecule has 176 valence electrons. The lowest BCUT2D eigenvalue weighted by Crippen LogP contribution is -2.31. The van der Waals surface area contributed by atoms with Crippen LogP contribution in [0.1, 0.15) is 27.0 Å². The van der Waals surface area contributed by atoms with Crippen LogP contribution in [0.3, 0.4) is 0 Å². The van der Waals surface area contributed by atoms with Gasteiger partial charge in [-0.05, 0) is 44.2 Å². The molecular formula is C24H21NO7S2. The maximum absolute atomic E-state index is 13.5. The van der Waals surface area contributed by atoms with Crippen LogP contribution in [0, 0.1) is 13.8 Å². The third kappa shape index (κ3) is 4.06. The lowest BCUT2D eigenvalue weighted by Gasteiger charge is -2.18. The van der Waals surface area contributed by atoms with Crippen LogP contribution < -0.4 is 4.74 Å². The molecule has 0 fully saturated rings. The number of rotatable bonds is 6. The van der Waals surface area contributed by atoms with Gasteiger partial charge >= 0.3 is 10.1 Å². The number of fused-ring (bicyclic) bond motifs is 1. The molecule has 0 N–H and O–H groups in total. The molecule has 4 rings (SSSR count). The van der Waals surface area contributed by atoms with Crippen molar-refractivity contribution in [2.75, 3.05) is 7.11 Å².